The molecule has 3 heteroatoms. The minimum absolute atomic E-state index is 0.817. The maximum Gasteiger partial charge on any atom is 0.0271 e. The molecule has 3 nitrogen and oxygen atoms in total. The minimum atomic E-state index is 0.817. The molecule has 14 heavy (non-hydrogen) atoms. The molecule has 0 saturated carbocycles. The summed E-state index contributed by atoms with van der Waals surface area (Å²) < 4.78 is 0. The van der Waals surface area contributed by atoms with Gasteiger partial charge in [-0.15, -0.1) is 0 Å². The zero-order valence-corrected chi connectivity index (χ0v) is 8.37. The van der Waals surface area contributed by atoms with Gasteiger partial charge >= 0.3 is 0 Å². The highest BCUT2D eigenvalue weighted by Gasteiger charge is 2.12. The first-order valence-corrected chi connectivity index (χ1v) is 5.25. The molecular weight excluding hydrogens is 174 g/mol. The first-order chi connectivity index (χ1) is 6.95. The summed E-state index contributed by atoms with van der Waals surface area (Å²) in [5.41, 5.74) is 1.31. The molecule has 0 unspecified atom stereocenters. The van der Waals surface area contributed by atoms with E-state index in [1.54, 1.807) is 0 Å². The van der Waals surface area contributed by atoms with Gasteiger partial charge in [0.2, 0.25) is 0 Å². The summed E-state index contributed by atoms with van der Waals surface area (Å²) >= 11 is 0. The molecule has 1 fully saturated rings. The van der Waals surface area contributed by atoms with Gasteiger partial charge in [0, 0.05) is 18.9 Å². The maximum atomic E-state index is 3.99. The van der Waals surface area contributed by atoms with Crippen molar-refractivity contribution in [3.8, 4) is 0 Å². The number of pyridine rings is 1. The molecule has 2 heterocycles. The average molecular weight is 191 g/mol. The number of hydrogen-bond acceptors (Lipinski definition) is 3. The van der Waals surface area contributed by atoms with Crippen molar-refractivity contribution in [2.45, 2.75) is 13.0 Å². The summed E-state index contributed by atoms with van der Waals surface area (Å²) in [6.45, 7) is 4.43. The van der Waals surface area contributed by atoms with Crippen molar-refractivity contribution in [2.75, 3.05) is 19.6 Å². The summed E-state index contributed by atoms with van der Waals surface area (Å²) in [5.74, 6) is 0.817. The van der Waals surface area contributed by atoms with Crippen LogP contribution in [-0.4, -0.2) is 24.6 Å². The molecule has 2 N–H and O–H groups in total. The van der Waals surface area contributed by atoms with Gasteiger partial charge < -0.3 is 10.6 Å². The van der Waals surface area contributed by atoms with Crippen molar-refractivity contribution in [1.82, 2.24) is 15.6 Å². The largest absolute Gasteiger partial charge is 0.316 e. The lowest BCUT2D eigenvalue weighted by Crippen LogP contribution is -2.23. The number of nitrogens with zero attached hydrogens (tertiary/aromatic N) is 1. The van der Waals surface area contributed by atoms with E-state index in [1.807, 2.05) is 12.4 Å². The van der Waals surface area contributed by atoms with Crippen LogP contribution in [0.25, 0.3) is 0 Å². The number of rotatable bonds is 4. The Kier molecular flexibility index (Phi) is 3.49. The van der Waals surface area contributed by atoms with Crippen LogP contribution in [0.1, 0.15) is 12.0 Å². The SMILES string of the molecule is c1cc(CNC[C@H]2CCNC2)ccn1. The highest BCUT2D eigenvalue weighted by atomic mass is 14.9. The van der Waals surface area contributed by atoms with Crippen LogP contribution in [-0.2, 0) is 6.54 Å². The normalized spacial score (nSPS) is 21.3. The van der Waals surface area contributed by atoms with Gasteiger partial charge in [0.1, 0.15) is 0 Å². The van der Waals surface area contributed by atoms with Crippen LogP contribution in [0.3, 0.4) is 0 Å². The van der Waals surface area contributed by atoms with Crippen LogP contribution in [0.4, 0.5) is 0 Å². The molecular formula is C11H17N3. The summed E-state index contributed by atoms with van der Waals surface area (Å²) in [7, 11) is 0. The van der Waals surface area contributed by atoms with E-state index in [2.05, 4.69) is 27.8 Å². The van der Waals surface area contributed by atoms with Gasteiger partial charge in [-0.05, 0) is 49.7 Å². The molecule has 0 radical (unpaired) electrons. The Hall–Kier alpha value is -0.930. The topological polar surface area (TPSA) is 37.0 Å². The van der Waals surface area contributed by atoms with Crippen molar-refractivity contribution >= 4 is 0 Å². The second kappa shape index (κ2) is 5.08. The van der Waals surface area contributed by atoms with Gasteiger partial charge in [0.25, 0.3) is 0 Å². The molecule has 0 aromatic carbocycles. The fourth-order valence-corrected chi connectivity index (χ4v) is 1.81. The Morgan fingerprint density at radius 1 is 1.43 bits per heavy atom. The van der Waals surface area contributed by atoms with Crippen LogP contribution in [0.2, 0.25) is 0 Å². The lowest BCUT2D eigenvalue weighted by atomic mass is 10.1. The molecule has 0 aliphatic carbocycles. The monoisotopic (exact) mass is 191 g/mol. The quantitative estimate of drug-likeness (QED) is 0.738. The van der Waals surface area contributed by atoms with Crippen LogP contribution in [0.5, 0.6) is 0 Å². The zero-order chi connectivity index (χ0) is 9.64. The molecule has 1 atom stereocenters. The number of hydrogen-bond donors (Lipinski definition) is 2. The van der Waals surface area contributed by atoms with E-state index in [-0.39, 0.29) is 0 Å². The lowest BCUT2D eigenvalue weighted by molar-refractivity contribution is 0.512. The molecule has 1 aromatic rings. The van der Waals surface area contributed by atoms with Gasteiger partial charge in [-0.1, -0.05) is 0 Å². The first kappa shape index (κ1) is 9.62. The second-order valence-corrected chi connectivity index (χ2v) is 3.85. The lowest BCUT2D eigenvalue weighted by Gasteiger charge is -2.09. The number of aromatic nitrogens is 1. The predicted molar refractivity (Wildman–Crippen MR) is 56.9 cm³/mol. The van der Waals surface area contributed by atoms with E-state index in [4.69, 9.17) is 0 Å². The zero-order valence-electron chi connectivity index (χ0n) is 8.37. The van der Waals surface area contributed by atoms with Crippen molar-refractivity contribution < 1.29 is 0 Å². The van der Waals surface area contributed by atoms with Gasteiger partial charge in [-0.2, -0.15) is 0 Å². The third kappa shape index (κ3) is 2.79. The molecule has 1 aliphatic heterocycles. The molecule has 76 valence electrons. The first-order valence-electron chi connectivity index (χ1n) is 5.25. The van der Waals surface area contributed by atoms with Crippen molar-refractivity contribution in [3.63, 3.8) is 0 Å². The van der Waals surface area contributed by atoms with Gasteiger partial charge in [0.05, 0.1) is 0 Å². The molecule has 1 saturated heterocycles. The Morgan fingerprint density at radius 2 is 2.29 bits per heavy atom. The smallest absolute Gasteiger partial charge is 0.0271 e. The Morgan fingerprint density at radius 3 is 3.00 bits per heavy atom. The second-order valence-electron chi connectivity index (χ2n) is 3.85. The highest BCUT2D eigenvalue weighted by Crippen LogP contribution is 2.05. The van der Waals surface area contributed by atoms with Crippen LogP contribution < -0.4 is 10.6 Å². The van der Waals surface area contributed by atoms with Crippen molar-refractivity contribution in [1.29, 1.82) is 0 Å². The maximum absolute atomic E-state index is 3.99. The molecule has 1 aliphatic rings. The third-order valence-electron chi connectivity index (χ3n) is 2.67. The van der Waals surface area contributed by atoms with E-state index in [9.17, 15) is 0 Å². The van der Waals surface area contributed by atoms with Gasteiger partial charge in [-0.3, -0.25) is 4.98 Å². The van der Waals surface area contributed by atoms with E-state index < -0.39 is 0 Å². The molecule has 0 amide bonds. The van der Waals surface area contributed by atoms with E-state index in [1.165, 1.54) is 25.1 Å². The van der Waals surface area contributed by atoms with Crippen molar-refractivity contribution in [3.05, 3.63) is 30.1 Å². The van der Waals surface area contributed by atoms with Crippen LogP contribution >= 0.6 is 0 Å². The summed E-state index contributed by atoms with van der Waals surface area (Å²) in [6.07, 6.45) is 4.99. The van der Waals surface area contributed by atoms with E-state index in [0.29, 0.717) is 0 Å². The Bertz CT molecular complexity index is 254. The van der Waals surface area contributed by atoms with E-state index in [0.717, 1.165) is 19.0 Å². The Labute approximate surface area is 84.9 Å². The molecule has 1 aromatic heterocycles. The highest BCUT2D eigenvalue weighted by molar-refractivity contribution is 5.08. The van der Waals surface area contributed by atoms with Gasteiger partial charge in [-0.25, -0.2) is 0 Å². The fourth-order valence-electron chi connectivity index (χ4n) is 1.81. The molecule has 2 rings (SSSR count). The third-order valence-corrected chi connectivity index (χ3v) is 2.67. The van der Waals surface area contributed by atoms with Crippen LogP contribution in [0.15, 0.2) is 24.5 Å². The standard InChI is InChI=1S/C11H17N3/c1-4-12-5-2-10(1)7-14-9-11-3-6-13-8-11/h1-2,4-5,11,13-14H,3,6-9H2/t11-/m0/s1. The summed E-state index contributed by atoms with van der Waals surface area (Å²) in [6, 6.07) is 4.11. The van der Waals surface area contributed by atoms with Gasteiger partial charge in [0.15, 0.2) is 0 Å². The van der Waals surface area contributed by atoms with E-state index >= 15 is 0 Å². The van der Waals surface area contributed by atoms with Crippen LogP contribution in [0, 0.1) is 5.92 Å². The fraction of sp³-hybridized carbons (Fsp3) is 0.545. The van der Waals surface area contributed by atoms with Crippen molar-refractivity contribution in [2.24, 2.45) is 5.92 Å². The molecule has 0 spiro atoms. The predicted octanol–water partition coefficient (Wildman–Crippen LogP) is 0.781. The summed E-state index contributed by atoms with van der Waals surface area (Å²) in [5, 5.41) is 6.85. The molecule has 0 bridgehead atoms. The Balaban J connectivity index is 1.67. The minimum Gasteiger partial charge on any atom is -0.316 e. The summed E-state index contributed by atoms with van der Waals surface area (Å²) in [4.78, 5) is 3.99. The average Bonchev–Trinajstić information content (AvgIpc) is 2.72. The number of nitrogens with one attached hydrogen (secondary N) is 2.